The Kier molecular flexibility index (Phi) is 6.69. The summed E-state index contributed by atoms with van der Waals surface area (Å²) in [6, 6.07) is 9.35. The number of sulfone groups is 1. The van der Waals surface area contributed by atoms with Crippen molar-refractivity contribution in [2.24, 2.45) is 0 Å². The van der Waals surface area contributed by atoms with Crippen LogP contribution in [0.1, 0.15) is 15.9 Å². The van der Waals surface area contributed by atoms with Gasteiger partial charge in [0.05, 0.1) is 29.5 Å². The van der Waals surface area contributed by atoms with Crippen LogP contribution < -0.4 is 15.4 Å². The summed E-state index contributed by atoms with van der Waals surface area (Å²) in [7, 11) is -3.93. The summed E-state index contributed by atoms with van der Waals surface area (Å²) in [4.78, 5) is 26.1. The molecule has 0 saturated heterocycles. The van der Waals surface area contributed by atoms with Gasteiger partial charge in [-0.2, -0.15) is 0 Å². The molecule has 1 amide bonds. The molecular formula is C23H17F4N5O4S. The molecular weight excluding hydrogens is 518 g/mol. The summed E-state index contributed by atoms with van der Waals surface area (Å²) < 4.78 is 80.5. The summed E-state index contributed by atoms with van der Waals surface area (Å²) >= 11 is 0. The lowest BCUT2D eigenvalue weighted by molar-refractivity contribution is -0.274. The molecule has 0 aliphatic rings. The molecule has 0 fully saturated rings. The third-order valence-electron chi connectivity index (χ3n) is 5.04. The van der Waals surface area contributed by atoms with Crippen LogP contribution in [0.4, 0.5) is 29.1 Å². The highest BCUT2D eigenvalue weighted by atomic mass is 32.2. The Balaban J connectivity index is 1.82. The van der Waals surface area contributed by atoms with Gasteiger partial charge in [0.15, 0.2) is 26.5 Å². The molecule has 37 heavy (non-hydrogen) atoms. The fraction of sp³-hybridized carbons (Fsp3) is 0.130. The minimum absolute atomic E-state index is 0.121. The van der Waals surface area contributed by atoms with Crippen molar-refractivity contribution in [3.8, 4) is 5.75 Å². The van der Waals surface area contributed by atoms with Crippen molar-refractivity contribution >= 4 is 38.2 Å². The van der Waals surface area contributed by atoms with Crippen LogP contribution in [0, 0.1) is 5.82 Å². The van der Waals surface area contributed by atoms with E-state index in [-0.39, 0.29) is 23.6 Å². The first kappa shape index (κ1) is 25.8. The van der Waals surface area contributed by atoms with E-state index in [1.54, 1.807) is 6.07 Å². The number of ether oxygens (including phenoxy) is 1. The average molecular weight is 535 g/mol. The fourth-order valence-electron chi connectivity index (χ4n) is 3.50. The zero-order valence-corrected chi connectivity index (χ0v) is 19.7. The number of aromatic nitrogens is 3. The lowest BCUT2D eigenvalue weighted by Gasteiger charge is -2.25. The van der Waals surface area contributed by atoms with Crippen LogP contribution in [-0.2, 0) is 16.4 Å². The first-order chi connectivity index (χ1) is 17.3. The quantitative estimate of drug-likeness (QED) is 0.368. The van der Waals surface area contributed by atoms with Gasteiger partial charge in [0, 0.05) is 24.0 Å². The minimum atomic E-state index is -5.02. The Labute approximate surface area is 207 Å². The van der Waals surface area contributed by atoms with Crippen molar-refractivity contribution in [1.82, 2.24) is 15.0 Å². The van der Waals surface area contributed by atoms with Gasteiger partial charge in [-0.1, -0.05) is 12.1 Å². The van der Waals surface area contributed by atoms with Gasteiger partial charge in [-0.05, 0) is 35.9 Å². The lowest BCUT2D eigenvalue weighted by atomic mass is 10.1. The molecule has 0 unspecified atom stereocenters. The number of nitrogens with zero attached hydrogens (tertiary/aromatic N) is 4. The molecule has 2 N–H and O–H groups in total. The molecule has 0 radical (unpaired) electrons. The van der Waals surface area contributed by atoms with Gasteiger partial charge < -0.3 is 15.4 Å². The van der Waals surface area contributed by atoms with E-state index in [4.69, 9.17) is 5.73 Å². The number of alkyl halides is 3. The smallest absolute Gasteiger partial charge is 0.404 e. The number of benzene rings is 1. The molecule has 14 heteroatoms. The normalized spacial score (nSPS) is 11.9. The van der Waals surface area contributed by atoms with Crippen LogP contribution in [0.2, 0.25) is 0 Å². The number of hydrogen-bond acceptors (Lipinski definition) is 8. The van der Waals surface area contributed by atoms with E-state index in [1.807, 2.05) is 0 Å². The third kappa shape index (κ3) is 5.91. The number of pyridine rings is 3. The van der Waals surface area contributed by atoms with Crippen molar-refractivity contribution in [3.05, 3.63) is 78.0 Å². The second-order valence-electron chi connectivity index (χ2n) is 7.83. The van der Waals surface area contributed by atoms with Crippen molar-refractivity contribution < 1.29 is 35.5 Å². The van der Waals surface area contributed by atoms with Crippen molar-refractivity contribution in [3.63, 3.8) is 0 Å². The van der Waals surface area contributed by atoms with E-state index in [1.165, 1.54) is 36.5 Å². The molecule has 0 aliphatic heterocycles. The van der Waals surface area contributed by atoms with Crippen molar-refractivity contribution in [2.45, 2.75) is 17.9 Å². The standard InChI is InChI=1S/C23H17F4N5O4S/c1-37(34,35)21-19(3-2-6-30-21)32(22(33)15-8-16(11-29-10-15)36-23(25,26)27)12-13-4-5-14-9-17(24)20(28)31-18(14)7-13/h2-11H,12H2,1H3,(H2,28,31). The number of fused-ring (bicyclic) bond motifs is 1. The zero-order valence-electron chi connectivity index (χ0n) is 18.9. The number of amides is 1. The molecule has 4 aromatic rings. The molecule has 3 aromatic heterocycles. The number of halogens is 4. The molecule has 0 spiro atoms. The summed E-state index contributed by atoms with van der Waals surface area (Å²) in [5, 5.41) is -0.00281. The largest absolute Gasteiger partial charge is 0.573 e. The minimum Gasteiger partial charge on any atom is -0.404 e. The van der Waals surface area contributed by atoms with Crippen LogP contribution in [0.3, 0.4) is 0 Å². The maximum atomic E-state index is 13.8. The van der Waals surface area contributed by atoms with Crippen molar-refractivity contribution in [2.75, 3.05) is 16.9 Å². The summed E-state index contributed by atoms with van der Waals surface area (Å²) in [5.41, 5.74) is 5.86. The number of anilines is 2. The summed E-state index contributed by atoms with van der Waals surface area (Å²) in [5.74, 6) is -2.67. The number of rotatable bonds is 6. The molecule has 9 nitrogen and oxygen atoms in total. The van der Waals surface area contributed by atoms with Gasteiger partial charge in [0.25, 0.3) is 5.91 Å². The number of carbonyl (C=O) groups excluding carboxylic acids is 1. The molecule has 192 valence electrons. The molecule has 3 heterocycles. The Hall–Kier alpha value is -4.33. The molecule has 0 saturated carbocycles. The summed E-state index contributed by atoms with van der Waals surface area (Å²) in [6.45, 7) is -0.258. The topological polar surface area (TPSA) is 128 Å². The maximum Gasteiger partial charge on any atom is 0.573 e. The van der Waals surface area contributed by atoms with Crippen LogP contribution in [0.15, 0.2) is 66.1 Å². The number of carbonyl (C=O) groups is 1. The Bertz CT molecular complexity index is 1610. The van der Waals surface area contributed by atoms with Gasteiger partial charge in [-0.3, -0.25) is 9.78 Å². The van der Waals surface area contributed by atoms with Crippen LogP contribution in [-0.4, -0.2) is 41.9 Å². The fourth-order valence-corrected chi connectivity index (χ4v) is 4.31. The second kappa shape index (κ2) is 9.61. The third-order valence-corrected chi connectivity index (χ3v) is 6.05. The second-order valence-corrected chi connectivity index (χ2v) is 9.76. The first-order valence-electron chi connectivity index (χ1n) is 10.3. The molecule has 0 atom stereocenters. The molecule has 0 bridgehead atoms. The van der Waals surface area contributed by atoms with E-state index in [0.717, 1.165) is 29.6 Å². The highest BCUT2D eigenvalue weighted by Gasteiger charge is 2.32. The lowest BCUT2D eigenvalue weighted by Crippen LogP contribution is -2.32. The van der Waals surface area contributed by atoms with Crippen LogP contribution in [0.25, 0.3) is 10.9 Å². The Morgan fingerprint density at radius 1 is 1.14 bits per heavy atom. The molecule has 4 rings (SSSR count). The van der Waals surface area contributed by atoms with Gasteiger partial charge >= 0.3 is 6.36 Å². The van der Waals surface area contributed by atoms with E-state index in [9.17, 15) is 30.8 Å². The van der Waals surface area contributed by atoms with E-state index >= 15 is 0 Å². The number of hydrogen-bond donors (Lipinski definition) is 1. The Morgan fingerprint density at radius 2 is 1.89 bits per heavy atom. The Morgan fingerprint density at radius 3 is 2.59 bits per heavy atom. The average Bonchev–Trinajstić information content (AvgIpc) is 2.81. The predicted molar refractivity (Wildman–Crippen MR) is 125 cm³/mol. The van der Waals surface area contributed by atoms with E-state index < -0.39 is 38.7 Å². The predicted octanol–water partition coefficient (Wildman–Crippen LogP) is 3.90. The molecule has 0 aliphatic carbocycles. The highest BCUT2D eigenvalue weighted by molar-refractivity contribution is 7.90. The van der Waals surface area contributed by atoms with Gasteiger partial charge in [0.1, 0.15) is 5.75 Å². The zero-order chi connectivity index (χ0) is 27.0. The van der Waals surface area contributed by atoms with Gasteiger partial charge in [0.2, 0.25) is 0 Å². The van der Waals surface area contributed by atoms with Gasteiger partial charge in [-0.15, -0.1) is 13.2 Å². The van der Waals surface area contributed by atoms with Gasteiger partial charge in [-0.25, -0.2) is 22.8 Å². The van der Waals surface area contributed by atoms with Crippen LogP contribution in [0.5, 0.6) is 5.75 Å². The van der Waals surface area contributed by atoms with E-state index in [0.29, 0.717) is 16.5 Å². The first-order valence-corrected chi connectivity index (χ1v) is 12.2. The molecule has 1 aromatic carbocycles. The number of nitrogen functional groups attached to an aromatic ring is 1. The maximum absolute atomic E-state index is 13.8. The van der Waals surface area contributed by atoms with Crippen molar-refractivity contribution in [1.29, 1.82) is 0 Å². The van der Waals surface area contributed by atoms with E-state index in [2.05, 4.69) is 19.7 Å². The van der Waals surface area contributed by atoms with Crippen LogP contribution >= 0.6 is 0 Å². The number of nitrogens with two attached hydrogens (primary N) is 1. The summed E-state index contributed by atoms with van der Waals surface area (Å²) in [6.07, 6.45) is -1.11. The SMILES string of the molecule is CS(=O)(=O)c1ncccc1N(Cc1ccc2cc(F)c(N)nc2c1)C(=O)c1cncc(OC(F)(F)F)c1. The monoisotopic (exact) mass is 535 g/mol. The highest BCUT2D eigenvalue weighted by Crippen LogP contribution is 2.29.